The maximum absolute atomic E-state index is 12.5. The smallest absolute Gasteiger partial charge is 0.335 e. The summed E-state index contributed by atoms with van der Waals surface area (Å²) in [5.41, 5.74) is 0.763. The second kappa shape index (κ2) is 17.2. The zero-order valence-corrected chi connectivity index (χ0v) is 39.5. The number of rotatable bonds is 8. The molecule has 0 radical (unpaired) electrons. The summed E-state index contributed by atoms with van der Waals surface area (Å²) < 4.78 is 36.4. The normalized spacial score (nSPS) is 55.1. The van der Waals surface area contributed by atoms with E-state index >= 15 is 0 Å². The van der Waals surface area contributed by atoms with Gasteiger partial charge in [0.25, 0.3) is 0 Å². The van der Waals surface area contributed by atoms with E-state index in [1.807, 2.05) is 0 Å². The molecule has 10 N–H and O–H groups in total. The standard InChI is InChI=1S/C48H78O17/c1-21-29(51)31(53)35(57)40(60-21)64-37-32(54)30(52)24(20-49)61-41(37)65-38-34(56)33(55)36(39(58)59)63-42(38)62-28-13-14-46(7)25(44(28,4)5)12-15-48(9)26(46)11-10-22-23-18-43(2,3)19-27(50)45(23,6)16-17-47(22,48)8/h10,21,23-38,40-42,49-57H,11-20H2,1-9H3,(H,58,59)/t21-,23-,24+,25-,26+,27+,28-,29-,30+,31+,32-,33-,34-,35+,36-,37+,38+,40-,41-,42+,45+,46-,47+,48+/m0/s1. The van der Waals surface area contributed by atoms with Gasteiger partial charge in [0, 0.05) is 5.41 Å². The van der Waals surface area contributed by atoms with Gasteiger partial charge in [-0.25, -0.2) is 4.79 Å². The van der Waals surface area contributed by atoms with Crippen LogP contribution < -0.4 is 0 Å². The molecule has 65 heavy (non-hydrogen) atoms. The molecule has 0 aromatic rings. The summed E-state index contributed by atoms with van der Waals surface area (Å²) in [5, 5.41) is 108. The SMILES string of the molecule is C[C@@H]1O[C@@H](O[C@H]2[C@H](O[C@H]3[C@H](O[C@H]4CC[C@]5(C)[C@H]6CC=C7[C@@H]8CC(C)(C)C[C@@H](O)[C@]8(C)CC[C@@]7(C)[C@]6(C)CC[C@H]5C4(C)C)O[C@H](C(=O)O)[C@@H](O)[C@@H]3O)O[C@H](CO)[C@@H](O)[C@@H]2O)[C@H](O)[C@H](O)[C@H]1O. The van der Waals surface area contributed by atoms with Crippen molar-refractivity contribution in [3.8, 4) is 0 Å². The van der Waals surface area contributed by atoms with Crippen LogP contribution in [0.15, 0.2) is 11.6 Å². The molecule has 3 heterocycles. The molecule has 8 aliphatic rings. The number of fused-ring (bicyclic) bond motifs is 7. The number of aliphatic hydroxyl groups is 9. The first-order valence-electron chi connectivity index (χ1n) is 24.1. The van der Waals surface area contributed by atoms with E-state index in [0.29, 0.717) is 18.3 Å². The first kappa shape index (κ1) is 50.0. The molecule has 5 aliphatic carbocycles. The Labute approximate surface area is 382 Å². The number of carbonyl (C=O) groups is 1. The van der Waals surface area contributed by atoms with Crippen molar-refractivity contribution in [1.29, 1.82) is 0 Å². The van der Waals surface area contributed by atoms with Crippen LogP contribution in [-0.2, 0) is 33.2 Å². The average molecular weight is 927 g/mol. The first-order valence-corrected chi connectivity index (χ1v) is 24.1. The summed E-state index contributed by atoms with van der Waals surface area (Å²) in [4.78, 5) is 12.5. The molecule has 0 amide bonds. The van der Waals surface area contributed by atoms with Crippen molar-refractivity contribution in [1.82, 2.24) is 0 Å². The van der Waals surface area contributed by atoms with Crippen LogP contribution in [0, 0.1) is 50.2 Å². The Morgan fingerprint density at radius 1 is 0.662 bits per heavy atom. The van der Waals surface area contributed by atoms with Crippen LogP contribution in [0.5, 0.6) is 0 Å². The molecule has 17 nitrogen and oxygen atoms in total. The van der Waals surface area contributed by atoms with Gasteiger partial charge >= 0.3 is 5.97 Å². The molecule has 8 rings (SSSR count). The molecular weight excluding hydrogens is 849 g/mol. The molecule has 4 saturated carbocycles. The highest BCUT2D eigenvalue weighted by molar-refractivity contribution is 5.73. The zero-order valence-electron chi connectivity index (χ0n) is 39.5. The van der Waals surface area contributed by atoms with Crippen LogP contribution >= 0.6 is 0 Å². The predicted molar refractivity (Wildman–Crippen MR) is 229 cm³/mol. The van der Waals surface area contributed by atoms with E-state index in [1.54, 1.807) is 5.57 Å². The molecule has 17 heteroatoms. The monoisotopic (exact) mass is 927 g/mol. The highest BCUT2D eigenvalue weighted by Gasteiger charge is 2.69. The van der Waals surface area contributed by atoms with E-state index in [-0.39, 0.29) is 39.1 Å². The van der Waals surface area contributed by atoms with Gasteiger partial charge in [0.05, 0.1) is 24.9 Å². The Morgan fingerprint density at radius 2 is 1.29 bits per heavy atom. The molecule has 0 unspecified atom stereocenters. The molecule has 0 aromatic carbocycles. The molecule has 3 aliphatic heterocycles. The fourth-order valence-electron chi connectivity index (χ4n) is 15.1. The molecule has 0 aromatic heterocycles. The van der Waals surface area contributed by atoms with Gasteiger partial charge < -0.3 is 79.5 Å². The van der Waals surface area contributed by atoms with Crippen LogP contribution in [0.25, 0.3) is 0 Å². The van der Waals surface area contributed by atoms with Crippen molar-refractivity contribution in [3.63, 3.8) is 0 Å². The Hall–Kier alpha value is -1.39. The molecule has 0 bridgehead atoms. The number of allylic oxidation sites excluding steroid dienone is 2. The number of carboxylic acid groups (broad SMARTS) is 1. The third-order valence-corrected chi connectivity index (χ3v) is 19.4. The van der Waals surface area contributed by atoms with Crippen molar-refractivity contribution < 1.29 is 84.3 Å². The largest absolute Gasteiger partial charge is 0.479 e. The first-order chi connectivity index (χ1) is 30.2. The fraction of sp³-hybridized carbons (Fsp3) is 0.938. The number of hydrogen-bond acceptors (Lipinski definition) is 16. The maximum Gasteiger partial charge on any atom is 0.335 e. The Bertz CT molecular complexity index is 1790. The van der Waals surface area contributed by atoms with E-state index in [0.717, 1.165) is 51.4 Å². The molecule has 372 valence electrons. The highest BCUT2D eigenvalue weighted by atomic mass is 16.8. The molecular formula is C48H78O17. The van der Waals surface area contributed by atoms with Crippen molar-refractivity contribution in [2.75, 3.05) is 6.61 Å². The van der Waals surface area contributed by atoms with Gasteiger partial charge in [0.2, 0.25) is 0 Å². The van der Waals surface area contributed by atoms with Gasteiger partial charge in [-0.05, 0) is 110 Å². The van der Waals surface area contributed by atoms with Gasteiger partial charge in [0.15, 0.2) is 25.0 Å². The van der Waals surface area contributed by atoms with Crippen molar-refractivity contribution >= 4 is 5.97 Å². The second-order valence-electron chi connectivity index (χ2n) is 23.8. The van der Waals surface area contributed by atoms with Gasteiger partial charge in [-0.3, -0.25) is 0 Å². The molecule has 0 spiro atoms. The quantitative estimate of drug-likeness (QED) is 0.123. The predicted octanol–water partition coefficient (Wildman–Crippen LogP) is 1.73. The van der Waals surface area contributed by atoms with E-state index in [2.05, 4.69) is 61.5 Å². The summed E-state index contributed by atoms with van der Waals surface area (Å²) in [6.45, 7) is 19.3. The minimum atomic E-state index is -2.02. The lowest BCUT2D eigenvalue weighted by atomic mass is 9.33. The Kier molecular flexibility index (Phi) is 13.2. The third kappa shape index (κ3) is 7.81. The minimum Gasteiger partial charge on any atom is -0.479 e. The van der Waals surface area contributed by atoms with Crippen LogP contribution in [-0.4, -0.2) is 168 Å². The molecule has 24 atom stereocenters. The van der Waals surface area contributed by atoms with E-state index in [1.165, 1.54) is 6.92 Å². The summed E-state index contributed by atoms with van der Waals surface area (Å²) in [6, 6.07) is 0. The zero-order chi connectivity index (χ0) is 47.7. The summed E-state index contributed by atoms with van der Waals surface area (Å²) in [7, 11) is 0. The number of aliphatic hydroxyl groups excluding tert-OH is 9. The van der Waals surface area contributed by atoms with Crippen LogP contribution in [0.4, 0.5) is 0 Å². The van der Waals surface area contributed by atoms with Gasteiger partial charge in [0.1, 0.15) is 61.0 Å². The van der Waals surface area contributed by atoms with Crippen molar-refractivity contribution in [2.45, 2.75) is 224 Å². The number of hydrogen-bond donors (Lipinski definition) is 10. The number of ether oxygens (including phenoxy) is 6. The molecule has 3 saturated heterocycles. The van der Waals surface area contributed by atoms with E-state index in [9.17, 15) is 55.9 Å². The van der Waals surface area contributed by atoms with Crippen LogP contribution in [0.2, 0.25) is 0 Å². The molecule has 7 fully saturated rings. The summed E-state index contributed by atoms with van der Waals surface area (Å²) in [6.07, 6.45) is -15.9. The Morgan fingerprint density at radius 3 is 1.94 bits per heavy atom. The number of aliphatic carboxylic acids is 1. The topological polar surface area (TPSA) is 275 Å². The Balaban J connectivity index is 1.06. The average Bonchev–Trinajstić information content (AvgIpc) is 3.22. The van der Waals surface area contributed by atoms with Gasteiger partial charge in [-0.1, -0.05) is 67.0 Å². The highest BCUT2D eigenvalue weighted by Crippen LogP contribution is 2.76. The van der Waals surface area contributed by atoms with Crippen molar-refractivity contribution in [2.24, 2.45) is 50.2 Å². The third-order valence-electron chi connectivity index (χ3n) is 19.4. The maximum atomic E-state index is 12.5. The number of carboxylic acids is 1. The fourth-order valence-corrected chi connectivity index (χ4v) is 15.1. The van der Waals surface area contributed by atoms with Gasteiger partial charge in [-0.15, -0.1) is 0 Å². The lowest BCUT2D eigenvalue weighted by Crippen LogP contribution is -2.68. The second-order valence-corrected chi connectivity index (χ2v) is 23.8. The van der Waals surface area contributed by atoms with E-state index in [4.69, 9.17) is 28.4 Å². The van der Waals surface area contributed by atoms with Crippen LogP contribution in [0.1, 0.15) is 120 Å². The minimum absolute atomic E-state index is 0.00181. The summed E-state index contributed by atoms with van der Waals surface area (Å²) in [5.74, 6) is -0.724. The van der Waals surface area contributed by atoms with Gasteiger partial charge in [-0.2, -0.15) is 0 Å². The van der Waals surface area contributed by atoms with Crippen molar-refractivity contribution in [3.05, 3.63) is 11.6 Å². The lowest BCUT2D eigenvalue weighted by molar-refractivity contribution is -0.395. The van der Waals surface area contributed by atoms with E-state index < -0.39 is 116 Å². The lowest BCUT2D eigenvalue weighted by Gasteiger charge is -2.71. The van der Waals surface area contributed by atoms with Crippen LogP contribution in [0.3, 0.4) is 0 Å². The summed E-state index contributed by atoms with van der Waals surface area (Å²) >= 11 is 0.